The molecule has 110 valence electrons. The van der Waals surface area contributed by atoms with E-state index in [1.54, 1.807) is 7.11 Å². The number of methoxy groups -OCH3 is 1. The van der Waals surface area contributed by atoms with Crippen LogP contribution in [-0.4, -0.2) is 31.0 Å². The fraction of sp³-hybridized carbons (Fsp3) is 0.235. The molecule has 0 bridgehead atoms. The second-order valence-electron chi connectivity index (χ2n) is 5.03. The fourth-order valence-electron chi connectivity index (χ4n) is 2.76. The third-order valence-corrected chi connectivity index (χ3v) is 4.07. The highest BCUT2D eigenvalue weighted by atomic mass is 127. The first-order chi connectivity index (χ1) is 9.70. The molecule has 1 aliphatic heterocycles. The van der Waals surface area contributed by atoms with Crippen molar-refractivity contribution in [1.82, 2.24) is 0 Å². The van der Waals surface area contributed by atoms with Crippen LogP contribution in [0.25, 0.3) is 0 Å². The quantitative estimate of drug-likeness (QED) is 0.512. The zero-order valence-corrected chi connectivity index (χ0v) is 15.0. The first-order valence-electron chi connectivity index (χ1n) is 6.71. The number of hydrogen-bond acceptors (Lipinski definition) is 1. The van der Waals surface area contributed by atoms with Crippen LogP contribution in [0.1, 0.15) is 16.7 Å². The van der Waals surface area contributed by atoms with Crippen LogP contribution in [0.2, 0.25) is 5.02 Å². The first-order valence-corrected chi connectivity index (χ1v) is 7.09. The molecular formula is C17H17ClINO. The van der Waals surface area contributed by atoms with Crippen molar-refractivity contribution in [3.8, 4) is 5.75 Å². The summed E-state index contributed by atoms with van der Waals surface area (Å²) in [7, 11) is 3.79. The lowest BCUT2D eigenvalue weighted by atomic mass is 9.92. The maximum absolute atomic E-state index is 6.24. The Kier molecular flexibility index (Phi) is 5.27. The van der Waals surface area contributed by atoms with Crippen molar-refractivity contribution in [2.75, 3.05) is 20.7 Å². The van der Waals surface area contributed by atoms with Gasteiger partial charge in [-0.05, 0) is 29.8 Å². The zero-order valence-electron chi connectivity index (χ0n) is 12.1. The molecule has 0 atom stereocenters. The molecule has 2 nitrogen and oxygen atoms in total. The van der Waals surface area contributed by atoms with Crippen LogP contribution in [0, 0.1) is 0 Å². The molecule has 21 heavy (non-hydrogen) atoms. The molecular weight excluding hydrogens is 397 g/mol. The van der Waals surface area contributed by atoms with E-state index in [1.807, 2.05) is 12.1 Å². The van der Waals surface area contributed by atoms with Gasteiger partial charge in [0.25, 0.3) is 0 Å². The first kappa shape index (κ1) is 16.3. The number of fused-ring (bicyclic) bond motifs is 1. The summed E-state index contributed by atoms with van der Waals surface area (Å²) in [5, 5.41) is 0.684. The minimum atomic E-state index is 0. The van der Waals surface area contributed by atoms with E-state index in [9.17, 15) is 0 Å². The predicted octanol–water partition coefficient (Wildman–Crippen LogP) is 0.388. The van der Waals surface area contributed by atoms with E-state index in [-0.39, 0.29) is 24.0 Å². The lowest BCUT2D eigenvalue weighted by Crippen LogP contribution is -3.00. The SMILES string of the molecule is COc1cc2c(cc1Cl)CC[N+](C)=C2c1ccccc1.[I-]. The largest absolute Gasteiger partial charge is 1.00 e. The molecule has 2 aromatic carbocycles. The van der Waals surface area contributed by atoms with Crippen LogP contribution in [0.3, 0.4) is 0 Å². The normalized spacial score (nSPS) is 13.5. The van der Waals surface area contributed by atoms with Gasteiger partial charge >= 0.3 is 0 Å². The Balaban J connectivity index is 0.00000161. The van der Waals surface area contributed by atoms with E-state index >= 15 is 0 Å². The average Bonchev–Trinajstić information content (AvgIpc) is 2.48. The Morgan fingerprint density at radius 1 is 1.14 bits per heavy atom. The Bertz CT molecular complexity index is 683. The number of hydrogen-bond donors (Lipinski definition) is 0. The van der Waals surface area contributed by atoms with Crippen molar-refractivity contribution >= 4 is 17.3 Å². The number of ether oxygens (including phenoxy) is 1. The van der Waals surface area contributed by atoms with E-state index < -0.39 is 0 Å². The van der Waals surface area contributed by atoms with Crippen molar-refractivity contribution in [2.24, 2.45) is 0 Å². The fourth-order valence-corrected chi connectivity index (χ4v) is 3.02. The Hall–Kier alpha value is -1.07. The standard InChI is InChI=1S/C17H17ClNO.HI/c1-19-9-8-13-10-15(18)16(20-2)11-14(13)17(19)12-6-4-3-5-7-12;/h3-7,10-11H,8-9H2,1-2H3;1H/q+1;/p-1. The molecule has 3 rings (SSSR count). The number of nitrogens with zero attached hydrogens (tertiary/aromatic N) is 1. The highest BCUT2D eigenvalue weighted by Crippen LogP contribution is 2.31. The summed E-state index contributed by atoms with van der Waals surface area (Å²) in [5.41, 5.74) is 4.96. The molecule has 0 radical (unpaired) electrons. The van der Waals surface area contributed by atoms with E-state index in [1.165, 1.54) is 22.4 Å². The molecule has 1 aliphatic rings. The van der Waals surface area contributed by atoms with Crippen LogP contribution in [0.4, 0.5) is 0 Å². The van der Waals surface area contributed by atoms with Gasteiger partial charge in [0.1, 0.15) is 19.3 Å². The van der Waals surface area contributed by atoms with Gasteiger partial charge in [-0.15, -0.1) is 0 Å². The second-order valence-corrected chi connectivity index (χ2v) is 5.44. The van der Waals surface area contributed by atoms with Crippen LogP contribution >= 0.6 is 11.6 Å². The van der Waals surface area contributed by atoms with Crippen LogP contribution in [-0.2, 0) is 6.42 Å². The number of rotatable bonds is 2. The molecule has 0 amide bonds. The van der Waals surface area contributed by atoms with Gasteiger partial charge in [0.05, 0.1) is 17.7 Å². The minimum Gasteiger partial charge on any atom is -1.00 e. The molecule has 2 aromatic rings. The van der Waals surface area contributed by atoms with Gasteiger partial charge in [-0.2, -0.15) is 0 Å². The molecule has 1 heterocycles. The predicted molar refractivity (Wildman–Crippen MR) is 82.4 cm³/mol. The van der Waals surface area contributed by atoms with Crippen LogP contribution in [0.5, 0.6) is 5.75 Å². The van der Waals surface area contributed by atoms with Crippen LogP contribution < -0.4 is 28.7 Å². The van der Waals surface area contributed by atoms with Gasteiger partial charge in [-0.25, -0.2) is 4.58 Å². The van der Waals surface area contributed by atoms with E-state index in [0.717, 1.165) is 18.7 Å². The Morgan fingerprint density at radius 3 is 2.52 bits per heavy atom. The van der Waals surface area contributed by atoms with Crippen LogP contribution in [0.15, 0.2) is 42.5 Å². The lowest BCUT2D eigenvalue weighted by Gasteiger charge is -2.18. The summed E-state index contributed by atoms with van der Waals surface area (Å²) >= 11 is 6.24. The molecule has 0 fully saturated rings. The third kappa shape index (κ3) is 3.09. The van der Waals surface area contributed by atoms with Gasteiger partial charge in [0, 0.05) is 12.0 Å². The highest BCUT2D eigenvalue weighted by Gasteiger charge is 2.26. The summed E-state index contributed by atoms with van der Waals surface area (Å²) in [6.07, 6.45) is 1.01. The molecule has 0 unspecified atom stereocenters. The van der Waals surface area contributed by atoms with Crippen molar-refractivity contribution in [3.05, 3.63) is 64.2 Å². The van der Waals surface area contributed by atoms with Gasteiger partial charge in [0.15, 0.2) is 0 Å². The van der Waals surface area contributed by atoms with E-state index in [4.69, 9.17) is 16.3 Å². The second kappa shape index (κ2) is 6.79. The minimum absolute atomic E-state index is 0. The summed E-state index contributed by atoms with van der Waals surface area (Å²) in [6, 6.07) is 14.5. The molecule has 4 heteroatoms. The van der Waals surface area contributed by atoms with Crippen molar-refractivity contribution in [1.29, 1.82) is 0 Å². The summed E-state index contributed by atoms with van der Waals surface area (Å²) < 4.78 is 7.66. The Morgan fingerprint density at radius 2 is 1.86 bits per heavy atom. The molecule has 0 spiro atoms. The zero-order chi connectivity index (χ0) is 14.1. The van der Waals surface area contributed by atoms with Gasteiger partial charge in [-0.3, -0.25) is 0 Å². The summed E-state index contributed by atoms with van der Waals surface area (Å²) in [5.74, 6) is 0.731. The maximum atomic E-state index is 6.24. The van der Waals surface area contributed by atoms with Gasteiger partial charge < -0.3 is 28.7 Å². The van der Waals surface area contributed by atoms with E-state index in [0.29, 0.717) is 5.02 Å². The number of benzene rings is 2. The highest BCUT2D eigenvalue weighted by molar-refractivity contribution is 6.32. The smallest absolute Gasteiger partial charge is 0.214 e. The molecule has 0 saturated carbocycles. The maximum Gasteiger partial charge on any atom is 0.214 e. The molecule has 0 aliphatic carbocycles. The lowest BCUT2D eigenvalue weighted by molar-refractivity contribution is -0.497. The van der Waals surface area contributed by atoms with E-state index in [2.05, 4.69) is 42.0 Å². The van der Waals surface area contributed by atoms with Crippen molar-refractivity contribution in [2.45, 2.75) is 6.42 Å². The topological polar surface area (TPSA) is 12.2 Å². The third-order valence-electron chi connectivity index (χ3n) is 3.78. The van der Waals surface area contributed by atoms with Crippen molar-refractivity contribution in [3.63, 3.8) is 0 Å². The van der Waals surface area contributed by atoms with Gasteiger partial charge in [-0.1, -0.05) is 29.8 Å². The molecule has 0 saturated heterocycles. The summed E-state index contributed by atoms with van der Waals surface area (Å²) in [4.78, 5) is 0. The average molecular weight is 414 g/mol. The van der Waals surface area contributed by atoms with Gasteiger partial charge in [0.2, 0.25) is 5.71 Å². The van der Waals surface area contributed by atoms with Crippen molar-refractivity contribution < 1.29 is 33.3 Å². The number of halogens is 2. The summed E-state index contributed by atoms with van der Waals surface area (Å²) in [6.45, 7) is 1.000. The molecule has 0 N–H and O–H groups in total. The molecule has 0 aromatic heterocycles. The number of likely N-dealkylation sites (N-methyl/N-ethyl adjacent to an activating group) is 1. The monoisotopic (exact) mass is 413 g/mol. The Labute approximate surface area is 147 Å².